The van der Waals surface area contributed by atoms with Crippen LogP contribution in [0.2, 0.25) is 0 Å². The van der Waals surface area contributed by atoms with Crippen LogP contribution in [0.4, 0.5) is 5.69 Å². The number of carbonyl (C=O) groups is 1. The van der Waals surface area contributed by atoms with E-state index in [9.17, 15) is 4.79 Å². The molecule has 1 aliphatic heterocycles. The van der Waals surface area contributed by atoms with Gasteiger partial charge in [-0.3, -0.25) is 0 Å². The van der Waals surface area contributed by atoms with Gasteiger partial charge in [0.1, 0.15) is 0 Å². The van der Waals surface area contributed by atoms with Crippen molar-refractivity contribution in [3.63, 3.8) is 0 Å². The number of halogens is 1. The molecular formula is C13H16BrNO2. The lowest BCUT2D eigenvalue weighted by Crippen LogP contribution is -2.29. The van der Waals surface area contributed by atoms with Crippen LogP contribution in [0, 0.1) is 0 Å². The van der Waals surface area contributed by atoms with E-state index < -0.39 is 0 Å². The van der Waals surface area contributed by atoms with Gasteiger partial charge in [0.05, 0.1) is 18.4 Å². The van der Waals surface area contributed by atoms with Gasteiger partial charge in [0, 0.05) is 17.6 Å². The summed E-state index contributed by atoms with van der Waals surface area (Å²) in [6.45, 7) is 2.12. The van der Waals surface area contributed by atoms with Crippen LogP contribution in [-0.2, 0) is 4.74 Å². The maximum atomic E-state index is 11.5. The van der Waals surface area contributed by atoms with E-state index in [1.165, 1.54) is 26.4 Å². The molecular weight excluding hydrogens is 282 g/mol. The first-order chi connectivity index (χ1) is 8.22. The number of esters is 1. The van der Waals surface area contributed by atoms with Gasteiger partial charge in [-0.05, 0) is 53.4 Å². The third-order valence-corrected chi connectivity index (χ3v) is 3.73. The number of rotatable bonds is 2. The summed E-state index contributed by atoms with van der Waals surface area (Å²) in [5, 5.41) is 0. The van der Waals surface area contributed by atoms with Crippen molar-refractivity contribution in [1.29, 1.82) is 0 Å². The number of anilines is 1. The maximum absolute atomic E-state index is 11.5. The molecule has 1 heterocycles. The number of nitrogens with zero attached hydrogens (tertiary/aromatic N) is 1. The van der Waals surface area contributed by atoms with E-state index in [-0.39, 0.29) is 5.97 Å². The van der Waals surface area contributed by atoms with Gasteiger partial charge in [-0.1, -0.05) is 0 Å². The summed E-state index contributed by atoms with van der Waals surface area (Å²) in [5.41, 5.74) is 1.70. The van der Waals surface area contributed by atoms with E-state index in [2.05, 4.69) is 20.8 Å². The Morgan fingerprint density at radius 1 is 1.29 bits per heavy atom. The monoisotopic (exact) mass is 297 g/mol. The lowest BCUT2D eigenvalue weighted by atomic mass is 10.1. The number of carbonyl (C=O) groups excluding carboxylic acids is 1. The molecule has 1 saturated heterocycles. The second-order valence-corrected chi connectivity index (χ2v) is 5.06. The Hall–Kier alpha value is -1.03. The molecule has 0 aromatic heterocycles. The summed E-state index contributed by atoms with van der Waals surface area (Å²) in [4.78, 5) is 13.8. The Kier molecular flexibility index (Phi) is 4.05. The van der Waals surface area contributed by atoms with Crippen LogP contribution in [0.3, 0.4) is 0 Å². The minimum Gasteiger partial charge on any atom is -0.465 e. The molecule has 0 N–H and O–H groups in total. The Bertz CT molecular complexity index is 414. The zero-order chi connectivity index (χ0) is 12.3. The third kappa shape index (κ3) is 2.80. The normalized spacial score (nSPS) is 15.8. The van der Waals surface area contributed by atoms with Crippen molar-refractivity contribution in [2.75, 3.05) is 25.1 Å². The Morgan fingerprint density at radius 2 is 2.00 bits per heavy atom. The average Bonchev–Trinajstić information content (AvgIpc) is 2.39. The van der Waals surface area contributed by atoms with Gasteiger partial charge < -0.3 is 9.64 Å². The van der Waals surface area contributed by atoms with E-state index >= 15 is 0 Å². The fourth-order valence-electron chi connectivity index (χ4n) is 2.13. The van der Waals surface area contributed by atoms with Crippen molar-refractivity contribution >= 4 is 27.6 Å². The summed E-state index contributed by atoms with van der Waals surface area (Å²) in [5.74, 6) is -0.282. The van der Waals surface area contributed by atoms with Crippen LogP contribution in [-0.4, -0.2) is 26.2 Å². The predicted molar refractivity (Wildman–Crippen MR) is 71.5 cm³/mol. The molecule has 1 aliphatic rings. The maximum Gasteiger partial charge on any atom is 0.337 e. The van der Waals surface area contributed by atoms with Gasteiger partial charge in [-0.25, -0.2) is 4.79 Å². The third-order valence-electron chi connectivity index (χ3n) is 3.06. The minimum absolute atomic E-state index is 0.282. The first kappa shape index (κ1) is 12.4. The van der Waals surface area contributed by atoms with Gasteiger partial charge in [0.15, 0.2) is 0 Å². The topological polar surface area (TPSA) is 29.5 Å². The van der Waals surface area contributed by atoms with Crippen molar-refractivity contribution in [2.45, 2.75) is 19.3 Å². The molecule has 0 spiro atoms. The predicted octanol–water partition coefficient (Wildman–Crippen LogP) is 3.23. The largest absolute Gasteiger partial charge is 0.465 e. The standard InChI is InChI=1S/C13H16BrNO2/c1-17-13(16)10-5-6-11(14)12(9-10)15-7-3-2-4-8-15/h5-6,9H,2-4,7-8H2,1H3. The van der Waals surface area contributed by atoms with Crippen molar-refractivity contribution < 1.29 is 9.53 Å². The first-order valence-electron chi connectivity index (χ1n) is 5.85. The van der Waals surface area contributed by atoms with E-state index in [0.717, 1.165) is 23.2 Å². The Labute approximate surface area is 110 Å². The SMILES string of the molecule is COC(=O)c1ccc(Br)c(N2CCCCC2)c1. The lowest BCUT2D eigenvalue weighted by Gasteiger charge is -2.29. The average molecular weight is 298 g/mol. The highest BCUT2D eigenvalue weighted by Gasteiger charge is 2.16. The quantitative estimate of drug-likeness (QED) is 0.785. The summed E-state index contributed by atoms with van der Waals surface area (Å²) in [7, 11) is 1.41. The molecule has 92 valence electrons. The van der Waals surface area contributed by atoms with E-state index in [1.54, 1.807) is 6.07 Å². The smallest absolute Gasteiger partial charge is 0.337 e. The van der Waals surface area contributed by atoms with Gasteiger partial charge >= 0.3 is 5.97 Å². The highest BCUT2D eigenvalue weighted by Crippen LogP contribution is 2.29. The summed E-state index contributed by atoms with van der Waals surface area (Å²) < 4.78 is 5.78. The van der Waals surface area contributed by atoms with Crippen LogP contribution in [0.25, 0.3) is 0 Å². The minimum atomic E-state index is -0.282. The number of piperidine rings is 1. The molecule has 0 aliphatic carbocycles. The number of hydrogen-bond donors (Lipinski definition) is 0. The van der Waals surface area contributed by atoms with Gasteiger partial charge in [0.2, 0.25) is 0 Å². The summed E-state index contributed by atoms with van der Waals surface area (Å²) in [6, 6.07) is 5.60. The molecule has 1 aromatic rings. The Morgan fingerprint density at radius 3 is 2.65 bits per heavy atom. The molecule has 0 bridgehead atoms. The Balaban J connectivity index is 2.28. The molecule has 0 unspecified atom stereocenters. The van der Waals surface area contributed by atoms with E-state index in [4.69, 9.17) is 4.74 Å². The molecule has 1 fully saturated rings. The molecule has 0 radical (unpaired) electrons. The second-order valence-electron chi connectivity index (χ2n) is 4.21. The molecule has 3 nitrogen and oxygen atoms in total. The lowest BCUT2D eigenvalue weighted by molar-refractivity contribution is 0.0601. The fraction of sp³-hybridized carbons (Fsp3) is 0.462. The molecule has 1 aromatic carbocycles. The van der Waals surface area contributed by atoms with Gasteiger partial charge in [-0.2, -0.15) is 0 Å². The summed E-state index contributed by atoms with van der Waals surface area (Å²) >= 11 is 3.54. The van der Waals surface area contributed by atoms with Crippen LogP contribution in [0.15, 0.2) is 22.7 Å². The zero-order valence-corrected chi connectivity index (χ0v) is 11.5. The van der Waals surface area contributed by atoms with Crippen molar-refractivity contribution in [3.8, 4) is 0 Å². The van der Waals surface area contributed by atoms with Crippen molar-refractivity contribution in [2.24, 2.45) is 0 Å². The molecule has 0 amide bonds. The van der Waals surface area contributed by atoms with Crippen LogP contribution in [0.5, 0.6) is 0 Å². The molecule has 17 heavy (non-hydrogen) atoms. The highest BCUT2D eigenvalue weighted by molar-refractivity contribution is 9.10. The number of methoxy groups -OCH3 is 1. The number of ether oxygens (including phenoxy) is 1. The first-order valence-corrected chi connectivity index (χ1v) is 6.64. The van der Waals surface area contributed by atoms with Crippen LogP contribution in [0.1, 0.15) is 29.6 Å². The van der Waals surface area contributed by atoms with Crippen LogP contribution < -0.4 is 4.90 Å². The van der Waals surface area contributed by atoms with Gasteiger partial charge in [-0.15, -0.1) is 0 Å². The highest BCUT2D eigenvalue weighted by atomic mass is 79.9. The molecule has 2 rings (SSSR count). The van der Waals surface area contributed by atoms with Gasteiger partial charge in [0.25, 0.3) is 0 Å². The fourth-order valence-corrected chi connectivity index (χ4v) is 2.63. The summed E-state index contributed by atoms with van der Waals surface area (Å²) in [6.07, 6.45) is 3.73. The number of benzene rings is 1. The molecule has 4 heteroatoms. The molecule has 0 saturated carbocycles. The van der Waals surface area contributed by atoms with E-state index in [1.807, 2.05) is 12.1 Å². The second kappa shape index (κ2) is 5.54. The van der Waals surface area contributed by atoms with Crippen LogP contribution >= 0.6 is 15.9 Å². The number of hydrogen-bond acceptors (Lipinski definition) is 3. The van der Waals surface area contributed by atoms with Crippen molar-refractivity contribution in [3.05, 3.63) is 28.2 Å². The zero-order valence-electron chi connectivity index (χ0n) is 9.91. The van der Waals surface area contributed by atoms with E-state index in [0.29, 0.717) is 5.56 Å². The van der Waals surface area contributed by atoms with Crippen molar-refractivity contribution in [1.82, 2.24) is 0 Å². The molecule has 0 atom stereocenters.